The summed E-state index contributed by atoms with van der Waals surface area (Å²) in [6.45, 7) is 1.03. The van der Waals surface area contributed by atoms with Crippen LogP contribution in [0.15, 0.2) is 10.5 Å². The van der Waals surface area contributed by atoms with E-state index >= 15 is 0 Å². The zero-order valence-corrected chi connectivity index (χ0v) is 10.7. The SMILES string of the molecule is OC1(c2c(F)c(Br)cc3c2OCCCO3)CC1. The summed E-state index contributed by atoms with van der Waals surface area (Å²) in [5, 5.41) is 10.2. The molecular formula is C12H12BrFO3. The summed E-state index contributed by atoms with van der Waals surface area (Å²) in [5.41, 5.74) is -0.838. The van der Waals surface area contributed by atoms with E-state index in [1.807, 2.05) is 0 Å². The Bertz CT molecular complexity index is 471. The lowest BCUT2D eigenvalue weighted by atomic mass is 10.0. The van der Waals surface area contributed by atoms with Crippen LogP contribution in [0.2, 0.25) is 0 Å². The molecule has 0 aromatic heterocycles. The summed E-state index contributed by atoms with van der Waals surface area (Å²) < 4.78 is 25.5. The van der Waals surface area contributed by atoms with Crippen LogP contribution in [-0.2, 0) is 5.60 Å². The van der Waals surface area contributed by atoms with Crippen LogP contribution in [0, 0.1) is 5.82 Å². The highest BCUT2D eigenvalue weighted by Crippen LogP contribution is 2.53. The van der Waals surface area contributed by atoms with Crippen LogP contribution in [0.1, 0.15) is 24.8 Å². The number of fused-ring (bicyclic) bond motifs is 1. The maximum Gasteiger partial charge on any atom is 0.170 e. The number of rotatable bonds is 1. The first kappa shape index (κ1) is 11.3. The van der Waals surface area contributed by atoms with Gasteiger partial charge in [-0.1, -0.05) is 0 Å². The van der Waals surface area contributed by atoms with Crippen molar-refractivity contribution in [2.45, 2.75) is 24.9 Å². The van der Waals surface area contributed by atoms with E-state index in [1.165, 1.54) is 0 Å². The fraction of sp³-hybridized carbons (Fsp3) is 0.500. The van der Waals surface area contributed by atoms with Crippen LogP contribution in [0.25, 0.3) is 0 Å². The zero-order valence-electron chi connectivity index (χ0n) is 9.13. The minimum atomic E-state index is -1.08. The van der Waals surface area contributed by atoms with Crippen molar-refractivity contribution in [2.24, 2.45) is 0 Å². The molecule has 0 saturated heterocycles. The van der Waals surface area contributed by atoms with Gasteiger partial charge in [-0.25, -0.2) is 4.39 Å². The van der Waals surface area contributed by atoms with E-state index in [9.17, 15) is 9.50 Å². The second-order valence-electron chi connectivity index (χ2n) is 4.46. The van der Waals surface area contributed by atoms with Gasteiger partial charge in [0.1, 0.15) is 5.82 Å². The van der Waals surface area contributed by atoms with Gasteiger partial charge in [0.25, 0.3) is 0 Å². The van der Waals surface area contributed by atoms with Crippen LogP contribution in [0.3, 0.4) is 0 Å². The highest BCUT2D eigenvalue weighted by molar-refractivity contribution is 9.10. The fourth-order valence-electron chi connectivity index (χ4n) is 2.04. The predicted molar refractivity (Wildman–Crippen MR) is 62.8 cm³/mol. The summed E-state index contributed by atoms with van der Waals surface area (Å²) in [4.78, 5) is 0. The lowest BCUT2D eigenvalue weighted by molar-refractivity contribution is 0.140. The number of ether oxygens (including phenoxy) is 2. The number of halogens is 2. The Hall–Kier alpha value is -0.810. The summed E-state index contributed by atoms with van der Waals surface area (Å²) in [6, 6.07) is 1.56. The molecule has 1 aliphatic heterocycles. The number of hydrogen-bond acceptors (Lipinski definition) is 3. The number of aliphatic hydroxyl groups is 1. The molecule has 3 nitrogen and oxygen atoms in total. The van der Waals surface area contributed by atoms with Crippen molar-refractivity contribution in [2.75, 3.05) is 13.2 Å². The van der Waals surface area contributed by atoms with Gasteiger partial charge in [0.05, 0.1) is 28.9 Å². The lowest BCUT2D eigenvalue weighted by Crippen LogP contribution is -2.11. The van der Waals surface area contributed by atoms with Gasteiger partial charge in [0.15, 0.2) is 11.5 Å². The van der Waals surface area contributed by atoms with Crippen molar-refractivity contribution in [3.8, 4) is 11.5 Å². The Labute approximate surface area is 107 Å². The van der Waals surface area contributed by atoms with Crippen molar-refractivity contribution in [1.82, 2.24) is 0 Å². The molecule has 1 aromatic carbocycles. The molecule has 0 bridgehead atoms. The second-order valence-corrected chi connectivity index (χ2v) is 5.31. The third kappa shape index (κ3) is 1.81. The van der Waals surface area contributed by atoms with E-state index in [0.29, 0.717) is 42.0 Å². The molecule has 2 aliphatic rings. The van der Waals surface area contributed by atoms with Crippen LogP contribution >= 0.6 is 15.9 Å². The first-order valence-electron chi connectivity index (χ1n) is 5.62. The number of hydrogen-bond donors (Lipinski definition) is 1. The molecule has 0 spiro atoms. The van der Waals surface area contributed by atoms with Gasteiger partial charge < -0.3 is 14.6 Å². The molecule has 3 rings (SSSR count). The smallest absolute Gasteiger partial charge is 0.170 e. The standard InChI is InChI=1S/C12H12BrFO3/c13-7-6-8-11(17-5-1-4-16-8)9(10(7)14)12(15)2-3-12/h6,15H,1-5H2. The van der Waals surface area contributed by atoms with Crippen LogP contribution < -0.4 is 9.47 Å². The molecule has 0 amide bonds. The highest BCUT2D eigenvalue weighted by Gasteiger charge is 2.48. The Morgan fingerprint density at radius 2 is 2.00 bits per heavy atom. The second kappa shape index (κ2) is 3.85. The highest BCUT2D eigenvalue weighted by atomic mass is 79.9. The third-order valence-electron chi connectivity index (χ3n) is 3.12. The van der Waals surface area contributed by atoms with Crippen LogP contribution in [0.4, 0.5) is 4.39 Å². The van der Waals surface area contributed by atoms with E-state index in [-0.39, 0.29) is 5.56 Å². The minimum absolute atomic E-state index is 0.240. The lowest BCUT2D eigenvalue weighted by Gasteiger charge is -2.18. The maximum absolute atomic E-state index is 14.1. The summed E-state index contributed by atoms with van der Waals surface area (Å²) >= 11 is 3.15. The molecule has 0 atom stereocenters. The van der Waals surface area contributed by atoms with Crippen molar-refractivity contribution in [3.05, 3.63) is 21.9 Å². The van der Waals surface area contributed by atoms with E-state index in [1.54, 1.807) is 6.07 Å². The average molecular weight is 303 g/mol. The third-order valence-corrected chi connectivity index (χ3v) is 3.70. The van der Waals surface area contributed by atoms with Gasteiger partial charge in [-0.15, -0.1) is 0 Å². The Kier molecular flexibility index (Phi) is 2.56. The molecule has 1 aliphatic carbocycles. The van der Waals surface area contributed by atoms with Gasteiger partial charge in [-0.05, 0) is 28.8 Å². The first-order chi connectivity index (χ1) is 8.12. The van der Waals surface area contributed by atoms with Gasteiger partial charge in [0.2, 0.25) is 0 Å². The normalized spacial score (nSPS) is 20.9. The molecule has 1 N–H and O–H groups in total. The molecule has 0 unspecified atom stereocenters. The topological polar surface area (TPSA) is 38.7 Å². The van der Waals surface area contributed by atoms with Gasteiger partial charge >= 0.3 is 0 Å². The molecule has 0 radical (unpaired) electrons. The van der Waals surface area contributed by atoms with Crippen molar-refractivity contribution < 1.29 is 19.0 Å². The van der Waals surface area contributed by atoms with E-state index in [4.69, 9.17) is 9.47 Å². The van der Waals surface area contributed by atoms with Crippen LogP contribution in [-0.4, -0.2) is 18.3 Å². The Morgan fingerprint density at radius 1 is 1.29 bits per heavy atom. The van der Waals surface area contributed by atoms with Gasteiger partial charge in [-0.3, -0.25) is 0 Å². The summed E-state index contributed by atoms with van der Waals surface area (Å²) in [6.07, 6.45) is 1.89. The monoisotopic (exact) mass is 302 g/mol. The molecule has 5 heteroatoms. The molecule has 1 fully saturated rings. The van der Waals surface area contributed by atoms with Crippen LogP contribution in [0.5, 0.6) is 11.5 Å². The maximum atomic E-state index is 14.1. The Balaban J connectivity index is 2.20. The molecule has 1 heterocycles. The molecule has 1 saturated carbocycles. The molecule has 92 valence electrons. The quantitative estimate of drug-likeness (QED) is 0.867. The Morgan fingerprint density at radius 3 is 2.71 bits per heavy atom. The van der Waals surface area contributed by atoms with Crippen molar-refractivity contribution >= 4 is 15.9 Å². The summed E-state index contributed by atoms with van der Waals surface area (Å²) in [7, 11) is 0. The van der Waals surface area contributed by atoms with E-state index in [0.717, 1.165) is 6.42 Å². The zero-order chi connectivity index (χ0) is 12.0. The van der Waals surface area contributed by atoms with Gasteiger partial charge in [-0.2, -0.15) is 0 Å². The van der Waals surface area contributed by atoms with Crippen molar-refractivity contribution in [3.63, 3.8) is 0 Å². The minimum Gasteiger partial charge on any atom is -0.490 e. The van der Waals surface area contributed by atoms with E-state index in [2.05, 4.69) is 15.9 Å². The molecule has 1 aromatic rings. The fourth-order valence-corrected chi connectivity index (χ4v) is 2.44. The van der Waals surface area contributed by atoms with Crippen molar-refractivity contribution in [1.29, 1.82) is 0 Å². The largest absolute Gasteiger partial charge is 0.490 e. The first-order valence-corrected chi connectivity index (χ1v) is 6.41. The predicted octanol–water partition coefficient (Wildman–Crippen LogP) is 2.73. The van der Waals surface area contributed by atoms with E-state index < -0.39 is 11.4 Å². The average Bonchev–Trinajstić information content (AvgIpc) is 3.05. The summed E-state index contributed by atoms with van der Waals surface area (Å²) in [5.74, 6) is 0.420. The number of benzene rings is 1. The van der Waals surface area contributed by atoms with Gasteiger partial charge in [0, 0.05) is 12.5 Å². The molecular weight excluding hydrogens is 291 g/mol. The molecule has 17 heavy (non-hydrogen) atoms.